The summed E-state index contributed by atoms with van der Waals surface area (Å²) in [6.07, 6.45) is 6.85. The van der Waals surface area contributed by atoms with Crippen molar-refractivity contribution in [3.8, 4) is 0 Å². The van der Waals surface area contributed by atoms with E-state index in [-0.39, 0.29) is 96.6 Å². The van der Waals surface area contributed by atoms with Crippen molar-refractivity contribution in [3.05, 3.63) is 5.90 Å². The molecule has 77 heavy (non-hydrogen) atoms. The van der Waals surface area contributed by atoms with E-state index < -0.39 is 64.5 Å². The molecule has 0 aliphatic carbocycles. The first-order valence-corrected chi connectivity index (χ1v) is 30.8. The first-order chi connectivity index (χ1) is 35.6. The van der Waals surface area contributed by atoms with Gasteiger partial charge in [0, 0.05) is 68.0 Å². The molecule has 5 heterocycles. The Morgan fingerprint density at radius 1 is 0.636 bits per heavy atom. The van der Waals surface area contributed by atoms with Gasteiger partial charge in [0.1, 0.15) is 12.2 Å². The van der Waals surface area contributed by atoms with E-state index in [2.05, 4.69) is 88.0 Å². The predicted molar refractivity (Wildman–Crippen MR) is 280 cm³/mol. The molecule has 4 N–H and O–H groups in total. The molecule has 5 aliphatic heterocycles. The molecular weight excluding hydrogens is 1280 g/mol. The number of nitrogens with one attached hydrogen (secondary N) is 1. The molecule has 5 rings (SSSR count). The normalized spacial score (nSPS) is 20.9. The van der Waals surface area contributed by atoms with E-state index >= 15 is 0 Å². The number of cyclic esters (lactones) is 1. The van der Waals surface area contributed by atoms with Gasteiger partial charge in [0.2, 0.25) is 5.79 Å². The van der Waals surface area contributed by atoms with Gasteiger partial charge in [0.15, 0.2) is 0 Å². The van der Waals surface area contributed by atoms with Crippen LogP contribution in [0.1, 0.15) is 138 Å². The maximum atomic E-state index is 13.4. The van der Waals surface area contributed by atoms with Crippen LogP contribution in [-0.4, -0.2) is 164 Å². The van der Waals surface area contributed by atoms with Gasteiger partial charge in [-0.15, -0.1) is 0 Å². The Balaban J connectivity index is -0.000000262. The summed E-state index contributed by atoms with van der Waals surface area (Å²) in [6.45, 7) is 15.4. The molecule has 0 aromatic rings. The largest absolute Gasteiger partial charge is 1.00 e. The number of esters is 4. The smallest absolute Gasteiger partial charge is 0.553 e. The second-order valence-electron chi connectivity index (χ2n) is 16.6. The third kappa shape index (κ3) is 39.3. The first-order valence-electron chi connectivity index (χ1n) is 25.3. The quantitative estimate of drug-likeness (QED) is 0.0367. The zero-order valence-electron chi connectivity index (χ0n) is 45.7. The van der Waals surface area contributed by atoms with Crippen molar-refractivity contribution in [2.75, 3.05) is 63.5 Å². The molecule has 0 aromatic carbocycles. The van der Waals surface area contributed by atoms with Gasteiger partial charge in [-0.2, -0.15) is 35.1 Å². The third-order valence-electron chi connectivity index (χ3n) is 10.8. The minimum absolute atomic E-state index is 0. The number of alkyl halides is 11. The van der Waals surface area contributed by atoms with Crippen LogP contribution in [0.15, 0.2) is 0 Å². The number of halogens is 11. The Hall–Kier alpha value is -0.833. The predicted octanol–water partition coefficient (Wildman–Crippen LogP) is 9.02. The van der Waals surface area contributed by atoms with Crippen molar-refractivity contribution in [3.63, 3.8) is 0 Å². The third-order valence-corrected chi connectivity index (χ3v) is 16.4. The van der Waals surface area contributed by atoms with Gasteiger partial charge in [-0.1, -0.05) is 70.8 Å². The van der Waals surface area contributed by atoms with E-state index in [1.165, 1.54) is 51.7 Å². The maximum absolute atomic E-state index is 13.4. The summed E-state index contributed by atoms with van der Waals surface area (Å²) in [5.41, 5.74) is 0. The van der Waals surface area contributed by atoms with Crippen molar-refractivity contribution in [1.29, 1.82) is 0 Å². The van der Waals surface area contributed by atoms with Gasteiger partial charge < -0.3 is 59.2 Å². The second-order valence-corrected chi connectivity index (χ2v) is 23.3. The van der Waals surface area contributed by atoms with Crippen molar-refractivity contribution in [1.82, 2.24) is 0 Å². The number of ether oxygens (including phenoxy) is 8. The average Bonchev–Trinajstić information content (AvgIpc) is 3.90. The van der Waals surface area contributed by atoms with Gasteiger partial charge in [-0.25, -0.2) is 19.2 Å². The fourth-order valence-electron chi connectivity index (χ4n) is 6.41. The van der Waals surface area contributed by atoms with Crippen molar-refractivity contribution in [2.45, 2.75) is 203 Å². The van der Waals surface area contributed by atoms with Crippen LogP contribution in [0, 0.1) is 0 Å². The fraction of sp³-hybridized carbons (Fsp3) is 0.894. The molecular formula is C47H83Br3F8NNaO16Si. The maximum Gasteiger partial charge on any atom is 1.00 e. The number of aliphatic hydroxyl groups is 1. The van der Waals surface area contributed by atoms with Crippen LogP contribution in [0.2, 0.25) is 18.1 Å². The van der Waals surface area contributed by atoms with Crippen LogP contribution in [0.25, 0.3) is 5.90 Å². The summed E-state index contributed by atoms with van der Waals surface area (Å²) in [5, 5.41) is 26.0. The number of rotatable bonds is 14. The zero-order valence-corrected chi connectivity index (χ0v) is 53.6. The number of carboxylic acid groups (broad SMARTS) is 1. The van der Waals surface area contributed by atoms with Gasteiger partial charge in [-0.05, 0) is 105 Å². The Morgan fingerprint density at radius 3 is 1.32 bits per heavy atom. The molecule has 0 radical (unpaired) electrons. The minimum atomic E-state index is -4.01. The molecule has 5 saturated heterocycles. The van der Waals surface area contributed by atoms with Crippen LogP contribution in [0.3, 0.4) is 0 Å². The van der Waals surface area contributed by atoms with Crippen molar-refractivity contribution in [2.24, 2.45) is 0 Å². The van der Waals surface area contributed by atoms with Gasteiger partial charge in [0.25, 0.3) is 0 Å². The summed E-state index contributed by atoms with van der Waals surface area (Å²) in [5.74, 6) is -16.1. The molecule has 5 aliphatic rings. The molecule has 4 unspecified atom stereocenters. The van der Waals surface area contributed by atoms with E-state index in [4.69, 9.17) is 25.7 Å². The molecule has 0 saturated carbocycles. The van der Waals surface area contributed by atoms with Crippen LogP contribution in [0.4, 0.5) is 35.1 Å². The van der Waals surface area contributed by atoms with Crippen LogP contribution in [-0.2, 0) is 61.9 Å². The molecule has 0 amide bonds. The summed E-state index contributed by atoms with van der Waals surface area (Å²) in [7, 11) is -0.171. The van der Waals surface area contributed by atoms with Crippen LogP contribution < -0.4 is 29.6 Å². The van der Waals surface area contributed by atoms with E-state index in [1.807, 2.05) is 15.9 Å². The summed E-state index contributed by atoms with van der Waals surface area (Å²) in [4.78, 5) is 48.7. The Labute approximate surface area is 497 Å². The van der Waals surface area contributed by atoms with Crippen LogP contribution in [0.5, 0.6) is 0 Å². The molecule has 454 valence electrons. The molecule has 5 fully saturated rings. The number of carbonyl (C=O) groups is 5. The fourth-order valence-corrected chi connectivity index (χ4v) is 8.25. The molecule has 4 atom stereocenters. The SMILES string of the molecule is BrCCBr.CC1CCCO1.CCOC(=O)C(F)(F)Br.CCOC(=O)C(F)(F)C1(O)CCCCO1.CCOC(=O)C(F)(F)C1CCCCO1.CC[SiH](CC)CC.O=C(O)C(F)(F)C1CCCCO1.O=C1CCCCO1.[NH-]O.[Na+]. The van der Waals surface area contributed by atoms with Gasteiger partial charge in [-0.3, -0.25) is 4.79 Å². The van der Waals surface area contributed by atoms with Crippen molar-refractivity contribution >= 4 is 86.4 Å². The van der Waals surface area contributed by atoms with E-state index in [9.17, 15) is 64.2 Å². The van der Waals surface area contributed by atoms with Gasteiger partial charge in [0.05, 0.1) is 39.1 Å². The Morgan fingerprint density at radius 2 is 1.06 bits per heavy atom. The average molecular weight is 1360 g/mol. The number of carbonyl (C=O) groups excluding carboxylic acids is 4. The molecule has 0 bridgehead atoms. The molecule has 0 aromatic heterocycles. The number of hydrogen-bond donors (Lipinski definition) is 3. The summed E-state index contributed by atoms with van der Waals surface area (Å²) >= 11 is 8.24. The van der Waals surface area contributed by atoms with Crippen molar-refractivity contribution < 1.29 is 142 Å². The van der Waals surface area contributed by atoms with E-state index in [1.54, 1.807) is 0 Å². The topological polar surface area (TPSA) is 244 Å². The first kappa shape index (κ1) is 85.0. The standard InChI is InChI=1S/C9H14F2O4.C9H14F2O3.C7H10F2O3.C6H16Si.C5H8O2.C5H10O.C4H5BrF2O2.C2H4Br2.H2NO.Na/c1-2-14-7(12)9(10,11)8(13)5-3-4-6-15-8;1-2-13-8(12)9(10,11)7-5-3-4-6-14-7;8-7(9,6(10)11)5-3-1-2-4-12-5;1-4-7(5-2)6-3;6-5-3-1-2-4-7-5;1-5-3-2-4-6-5;1-2-9-3(8)4(5,6)7;3-1-2-4;1-2;/h13H,2-6H2,1H3;7H,2-6H2,1H3;5H,1-4H2,(H,10,11);7H,4-6H2,1-3H3;1-4H2;5H,2-4H2,1H3;2H2,1H3;1-2H2;1-2H;/q;;;;;;;;-1;+1. The zero-order chi connectivity index (χ0) is 59.4. The Bertz CT molecular complexity index is 1480. The Kier molecular flexibility index (Phi) is 54.9. The second kappa shape index (κ2) is 49.7. The van der Waals surface area contributed by atoms with E-state index in [0.717, 1.165) is 43.0 Å². The summed E-state index contributed by atoms with van der Waals surface area (Å²) in [6, 6.07) is 4.48. The monoisotopic (exact) mass is 1360 g/mol. The molecule has 0 spiro atoms. The number of hydrogen-bond acceptors (Lipinski definition) is 15. The molecule has 30 heteroatoms. The van der Waals surface area contributed by atoms with Crippen LogP contribution >= 0.6 is 47.8 Å². The molecule has 17 nitrogen and oxygen atoms in total. The minimum Gasteiger partial charge on any atom is -0.553 e. The number of carboxylic acids is 1. The van der Waals surface area contributed by atoms with Gasteiger partial charge >= 0.3 is 82.0 Å². The summed E-state index contributed by atoms with van der Waals surface area (Å²) < 4.78 is 139. The van der Waals surface area contributed by atoms with E-state index in [0.29, 0.717) is 51.4 Å². The number of aliphatic carboxylic acids is 1.